The first-order chi connectivity index (χ1) is 9.99. The zero-order valence-electron chi connectivity index (χ0n) is 14.5. The molecule has 1 aromatic rings. The van der Waals surface area contributed by atoms with Gasteiger partial charge >= 0.3 is 0 Å². The molecule has 1 atom stereocenters. The van der Waals surface area contributed by atoms with Gasteiger partial charge in [-0.15, -0.1) is 0 Å². The molecule has 1 aromatic carbocycles. The molecule has 0 saturated carbocycles. The van der Waals surface area contributed by atoms with Crippen LogP contribution in [-0.2, 0) is 0 Å². The average molecular weight is 288 g/mol. The topological polar surface area (TPSA) is 15.3 Å². The first kappa shape index (κ1) is 16.5. The third-order valence-electron chi connectivity index (χ3n) is 4.68. The van der Waals surface area contributed by atoms with Gasteiger partial charge in [0.2, 0.25) is 0 Å². The van der Waals surface area contributed by atoms with E-state index in [2.05, 4.69) is 57.0 Å². The lowest BCUT2D eigenvalue weighted by atomic mass is 9.89. The third kappa shape index (κ3) is 4.31. The zero-order chi connectivity index (χ0) is 15.4. The maximum atomic E-state index is 3.48. The van der Waals surface area contributed by atoms with E-state index in [0.29, 0.717) is 6.04 Å². The molecule has 1 heterocycles. The summed E-state index contributed by atoms with van der Waals surface area (Å²) < 4.78 is 0. The number of benzene rings is 1. The molecule has 1 saturated heterocycles. The molecule has 1 aliphatic rings. The van der Waals surface area contributed by atoms with Gasteiger partial charge in [0.1, 0.15) is 0 Å². The summed E-state index contributed by atoms with van der Waals surface area (Å²) in [4.78, 5) is 2.70. The lowest BCUT2D eigenvalue weighted by Crippen LogP contribution is -2.45. The largest absolute Gasteiger partial charge is 0.314 e. The van der Waals surface area contributed by atoms with Gasteiger partial charge in [0.05, 0.1) is 0 Å². The monoisotopic (exact) mass is 288 g/mol. The van der Waals surface area contributed by atoms with E-state index < -0.39 is 0 Å². The highest BCUT2D eigenvalue weighted by Gasteiger charge is 2.24. The normalized spacial score (nSPS) is 18.2. The third-order valence-corrected chi connectivity index (χ3v) is 4.68. The van der Waals surface area contributed by atoms with Crippen molar-refractivity contribution in [3.05, 3.63) is 34.4 Å². The predicted octanol–water partition coefficient (Wildman–Crippen LogP) is 3.99. The van der Waals surface area contributed by atoms with Gasteiger partial charge in [0.25, 0.3) is 0 Å². The zero-order valence-corrected chi connectivity index (χ0v) is 14.5. The summed E-state index contributed by atoms with van der Waals surface area (Å²) in [7, 11) is 0. The fourth-order valence-electron chi connectivity index (χ4n) is 3.71. The summed E-state index contributed by atoms with van der Waals surface area (Å²) in [5.41, 5.74) is 5.92. The molecule has 0 spiro atoms. The Hall–Kier alpha value is -0.860. The van der Waals surface area contributed by atoms with E-state index in [0.717, 1.165) is 19.0 Å². The van der Waals surface area contributed by atoms with Crippen LogP contribution in [0.2, 0.25) is 0 Å². The number of nitrogens with zero attached hydrogens (tertiary/aromatic N) is 1. The highest BCUT2D eigenvalue weighted by Crippen LogP contribution is 2.33. The Morgan fingerprint density at radius 1 is 1.00 bits per heavy atom. The van der Waals surface area contributed by atoms with Crippen molar-refractivity contribution in [2.45, 2.75) is 53.5 Å². The Labute approximate surface area is 130 Å². The molecule has 0 aliphatic carbocycles. The number of rotatable bonds is 5. The summed E-state index contributed by atoms with van der Waals surface area (Å²) in [6, 6.07) is 5.30. The van der Waals surface area contributed by atoms with Gasteiger partial charge in [-0.3, -0.25) is 4.90 Å². The minimum atomic E-state index is 0.593. The Kier molecular flexibility index (Phi) is 5.83. The number of piperazine rings is 1. The molecule has 118 valence electrons. The predicted molar refractivity (Wildman–Crippen MR) is 91.9 cm³/mol. The summed E-state index contributed by atoms with van der Waals surface area (Å²) in [5.74, 6) is 0.779. The van der Waals surface area contributed by atoms with E-state index in [1.807, 2.05) is 0 Å². The van der Waals surface area contributed by atoms with Crippen molar-refractivity contribution in [3.63, 3.8) is 0 Å². The van der Waals surface area contributed by atoms with Gasteiger partial charge < -0.3 is 5.32 Å². The van der Waals surface area contributed by atoms with Crippen LogP contribution in [0.15, 0.2) is 12.1 Å². The maximum absolute atomic E-state index is 3.48. The Morgan fingerprint density at radius 2 is 1.57 bits per heavy atom. The molecule has 21 heavy (non-hydrogen) atoms. The van der Waals surface area contributed by atoms with Crippen molar-refractivity contribution in [3.8, 4) is 0 Å². The first-order valence-corrected chi connectivity index (χ1v) is 8.51. The molecule has 2 heteroatoms. The molecule has 2 nitrogen and oxygen atoms in total. The molecular weight excluding hydrogens is 256 g/mol. The van der Waals surface area contributed by atoms with E-state index >= 15 is 0 Å². The maximum Gasteiger partial charge on any atom is 0.0354 e. The second-order valence-electron chi connectivity index (χ2n) is 7.09. The van der Waals surface area contributed by atoms with E-state index in [-0.39, 0.29) is 0 Å². The standard InChI is InChI=1S/C19H32N2/c1-14(2)6-7-18(21-10-8-20-9-11-21)19-16(4)12-15(3)13-17(19)5/h12-14,18,20H,6-11H2,1-5H3/t18-/m1/s1. The number of aryl methyl sites for hydroxylation is 3. The van der Waals surface area contributed by atoms with Gasteiger partial charge in [0, 0.05) is 32.2 Å². The lowest BCUT2D eigenvalue weighted by molar-refractivity contribution is 0.159. The van der Waals surface area contributed by atoms with Crippen molar-refractivity contribution in [1.29, 1.82) is 0 Å². The molecule has 2 rings (SSSR count). The number of hydrogen-bond acceptors (Lipinski definition) is 2. The van der Waals surface area contributed by atoms with E-state index in [1.165, 1.54) is 42.6 Å². The highest BCUT2D eigenvalue weighted by molar-refractivity contribution is 5.39. The molecule has 0 bridgehead atoms. The number of nitrogens with one attached hydrogen (secondary N) is 1. The average Bonchev–Trinajstić information content (AvgIpc) is 2.42. The second-order valence-corrected chi connectivity index (χ2v) is 7.09. The lowest BCUT2D eigenvalue weighted by Gasteiger charge is -2.37. The van der Waals surface area contributed by atoms with Crippen LogP contribution in [0.1, 0.15) is 55.0 Å². The molecule has 0 radical (unpaired) electrons. The van der Waals surface area contributed by atoms with Gasteiger partial charge in [-0.05, 0) is 56.2 Å². The Morgan fingerprint density at radius 3 is 2.10 bits per heavy atom. The van der Waals surface area contributed by atoms with Crippen LogP contribution in [0.3, 0.4) is 0 Å². The van der Waals surface area contributed by atoms with Crippen LogP contribution < -0.4 is 5.32 Å². The highest BCUT2D eigenvalue weighted by atomic mass is 15.2. The van der Waals surface area contributed by atoms with Gasteiger partial charge in [-0.2, -0.15) is 0 Å². The smallest absolute Gasteiger partial charge is 0.0354 e. The number of hydrogen-bond donors (Lipinski definition) is 1. The minimum Gasteiger partial charge on any atom is -0.314 e. The van der Waals surface area contributed by atoms with Gasteiger partial charge in [0.15, 0.2) is 0 Å². The van der Waals surface area contributed by atoms with Crippen LogP contribution in [0, 0.1) is 26.7 Å². The van der Waals surface area contributed by atoms with Crippen LogP contribution in [0.4, 0.5) is 0 Å². The molecule has 1 fully saturated rings. The van der Waals surface area contributed by atoms with Crippen molar-refractivity contribution < 1.29 is 0 Å². The molecule has 0 aromatic heterocycles. The Bertz CT molecular complexity index is 436. The van der Waals surface area contributed by atoms with E-state index in [4.69, 9.17) is 0 Å². The summed E-state index contributed by atoms with van der Waals surface area (Å²) >= 11 is 0. The van der Waals surface area contributed by atoms with Crippen LogP contribution in [0.25, 0.3) is 0 Å². The van der Waals surface area contributed by atoms with Crippen molar-refractivity contribution >= 4 is 0 Å². The van der Waals surface area contributed by atoms with Crippen molar-refractivity contribution in [2.75, 3.05) is 26.2 Å². The molecule has 1 N–H and O–H groups in total. The fraction of sp³-hybridized carbons (Fsp3) is 0.684. The van der Waals surface area contributed by atoms with Crippen molar-refractivity contribution in [1.82, 2.24) is 10.2 Å². The molecule has 0 unspecified atom stereocenters. The van der Waals surface area contributed by atoms with Crippen LogP contribution in [0.5, 0.6) is 0 Å². The molecular formula is C19H32N2. The quantitative estimate of drug-likeness (QED) is 0.881. The fourth-order valence-corrected chi connectivity index (χ4v) is 3.71. The molecule has 0 amide bonds. The summed E-state index contributed by atoms with van der Waals surface area (Å²) in [5, 5.41) is 3.48. The van der Waals surface area contributed by atoms with E-state index in [1.54, 1.807) is 5.56 Å². The van der Waals surface area contributed by atoms with Gasteiger partial charge in [-0.25, -0.2) is 0 Å². The second kappa shape index (κ2) is 7.42. The van der Waals surface area contributed by atoms with Gasteiger partial charge in [-0.1, -0.05) is 31.5 Å². The van der Waals surface area contributed by atoms with Crippen LogP contribution in [-0.4, -0.2) is 31.1 Å². The summed E-state index contributed by atoms with van der Waals surface area (Å²) in [6.45, 7) is 16.1. The summed E-state index contributed by atoms with van der Waals surface area (Å²) in [6.07, 6.45) is 2.59. The van der Waals surface area contributed by atoms with E-state index in [9.17, 15) is 0 Å². The first-order valence-electron chi connectivity index (χ1n) is 8.51. The molecule has 1 aliphatic heterocycles. The minimum absolute atomic E-state index is 0.593. The Balaban J connectivity index is 2.29. The van der Waals surface area contributed by atoms with Crippen molar-refractivity contribution in [2.24, 2.45) is 5.92 Å². The SMILES string of the molecule is Cc1cc(C)c([C@@H](CCC(C)C)N2CCNCC2)c(C)c1. The van der Waals surface area contributed by atoms with Crippen LogP contribution >= 0.6 is 0 Å².